The Hall–Kier alpha value is -1.63. The van der Waals surface area contributed by atoms with Crippen LogP contribution in [0.25, 0.3) is 11.1 Å². The van der Waals surface area contributed by atoms with Crippen molar-refractivity contribution in [2.45, 2.75) is 33.1 Å². The van der Waals surface area contributed by atoms with E-state index >= 15 is 0 Å². The molecule has 0 heterocycles. The molecule has 1 heteroatoms. The highest BCUT2D eigenvalue weighted by Gasteiger charge is 2.35. The molecule has 3 rings (SSSR count). The van der Waals surface area contributed by atoms with Crippen molar-refractivity contribution >= 4 is 0 Å². The van der Waals surface area contributed by atoms with Crippen LogP contribution in [-0.2, 0) is 5.41 Å². The van der Waals surface area contributed by atoms with Crippen molar-refractivity contribution in [1.29, 1.82) is 0 Å². The molecular weight excluding hydrogens is 223 g/mol. The average molecular weight is 240 g/mol. The second-order valence-electron chi connectivity index (χ2n) is 5.82. The first kappa shape index (κ1) is 11.5. The van der Waals surface area contributed by atoms with Gasteiger partial charge in [0.1, 0.15) is 5.82 Å². The Labute approximate surface area is 107 Å². The molecule has 2 aromatic rings. The number of hydrogen-bond acceptors (Lipinski definition) is 0. The van der Waals surface area contributed by atoms with Crippen LogP contribution in [0.1, 0.15) is 36.1 Å². The van der Waals surface area contributed by atoms with Gasteiger partial charge in [-0.15, -0.1) is 0 Å². The minimum Gasteiger partial charge on any atom is -0.207 e. The molecule has 0 aliphatic heterocycles. The molecule has 0 N–H and O–H groups in total. The molecule has 0 bridgehead atoms. The molecule has 0 atom stereocenters. The first-order chi connectivity index (χ1) is 8.41. The zero-order chi connectivity index (χ0) is 13.1. The van der Waals surface area contributed by atoms with Gasteiger partial charge in [0.2, 0.25) is 0 Å². The van der Waals surface area contributed by atoms with Gasteiger partial charge in [0.05, 0.1) is 0 Å². The summed E-state index contributed by atoms with van der Waals surface area (Å²) in [6, 6.07) is 10.2. The summed E-state index contributed by atoms with van der Waals surface area (Å²) in [6.45, 7) is 8.27. The van der Waals surface area contributed by atoms with Crippen LogP contribution in [0.15, 0.2) is 30.3 Å². The number of fused-ring (bicyclic) bond motifs is 3. The van der Waals surface area contributed by atoms with Crippen LogP contribution in [0.2, 0.25) is 0 Å². The third-order valence-corrected chi connectivity index (χ3v) is 4.11. The van der Waals surface area contributed by atoms with Gasteiger partial charge in [0.15, 0.2) is 0 Å². The second-order valence-corrected chi connectivity index (χ2v) is 5.82. The van der Waals surface area contributed by atoms with Crippen LogP contribution < -0.4 is 0 Å². The maximum Gasteiger partial charge on any atom is 0.126 e. The second kappa shape index (κ2) is 3.44. The topological polar surface area (TPSA) is 0 Å². The normalized spacial score (nSPS) is 15.4. The van der Waals surface area contributed by atoms with E-state index in [0.29, 0.717) is 0 Å². The van der Waals surface area contributed by atoms with E-state index in [2.05, 4.69) is 39.0 Å². The lowest BCUT2D eigenvalue weighted by Gasteiger charge is -2.21. The number of benzene rings is 2. The summed E-state index contributed by atoms with van der Waals surface area (Å²) in [6.07, 6.45) is 0. The smallest absolute Gasteiger partial charge is 0.126 e. The fourth-order valence-corrected chi connectivity index (χ4v) is 2.99. The van der Waals surface area contributed by atoms with Gasteiger partial charge in [0, 0.05) is 5.41 Å². The first-order valence-corrected chi connectivity index (χ1v) is 6.33. The first-order valence-electron chi connectivity index (χ1n) is 6.33. The molecule has 0 unspecified atom stereocenters. The Kier molecular flexibility index (Phi) is 2.19. The summed E-state index contributed by atoms with van der Waals surface area (Å²) in [5, 5.41) is 0. The standard InChI is InChI=1S/C17H17F/c1-10-5-6-14-12(7-10)13-8-11(2)16(18)9-15(13)17(14,3)4/h5-9H,1-4H3. The van der Waals surface area contributed by atoms with E-state index in [4.69, 9.17) is 0 Å². The molecular formula is C17H17F. The lowest BCUT2D eigenvalue weighted by molar-refractivity contribution is 0.602. The van der Waals surface area contributed by atoms with Gasteiger partial charge in [-0.2, -0.15) is 0 Å². The van der Waals surface area contributed by atoms with Crippen LogP contribution >= 0.6 is 0 Å². The molecule has 0 amide bonds. The number of aryl methyl sites for hydroxylation is 2. The van der Waals surface area contributed by atoms with Crippen LogP contribution in [0.4, 0.5) is 4.39 Å². The number of halogens is 1. The fraction of sp³-hybridized carbons (Fsp3) is 0.294. The Morgan fingerprint density at radius 2 is 1.56 bits per heavy atom. The lowest BCUT2D eigenvalue weighted by Crippen LogP contribution is -2.15. The van der Waals surface area contributed by atoms with Crippen LogP contribution in [0, 0.1) is 19.7 Å². The molecule has 2 aromatic carbocycles. The summed E-state index contributed by atoms with van der Waals surface area (Å²) in [4.78, 5) is 0. The summed E-state index contributed by atoms with van der Waals surface area (Å²) >= 11 is 0. The maximum absolute atomic E-state index is 13.8. The largest absolute Gasteiger partial charge is 0.207 e. The summed E-state index contributed by atoms with van der Waals surface area (Å²) < 4.78 is 13.8. The van der Waals surface area contributed by atoms with Crippen LogP contribution in [0.5, 0.6) is 0 Å². The molecule has 92 valence electrons. The molecule has 0 nitrogen and oxygen atoms in total. The van der Waals surface area contributed by atoms with Crippen molar-refractivity contribution < 1.29 is 4.39 Å². The van der Waals surface area contributed by atoms with Crippen molar-refractivity contribution in [2.24, 2.45) is 0 Å². The lowest BCUT2D eigenvalue weighted by atomic mass is 9.82. The quantitative estimate of drug-likeness (QED) is 0.623. The molecule has 0 saturated heterocycles. The van der Waals surface area contributed by atoms with Gasteiger partial charge >= 0.3 is 0 Å². The minimum absolute atomic E-state index is 0.104. The Morgan fingerprint density at radius 3 is 2.28 bits per heavy atom. The molecule has 0 radical (unpaired) electrons. The Morgan fingerprint density at radius 1 is 0.889 bits per heavy atom. The van der Waals surface area contributed by atoms with Crippen LogP contribution in [-0.4, -0.2) is 0 Å². The van der Waals surface area contributed by atoms with E-state index in [1.807, 2.05) is 13.0 Å². The van der Waals surface area contributed by atoms with Crippen molar-refractivity contribution in [3.8, 4) is 11.1 Å². The predicted molar refractivity (Wildman–Crippen MR) is 73.4 cm³/mol. The highest BCUT2D eigenvalue weighted by atomic mass is 19.1. The SMILES string of the molecule is Cc1ccc2c(c1)-c1cc(C)c(F)cc1C2(C)C. The zero-order valence-corrected chi connectivity index (χ0v) is 11.3. The molecule has 1 aliphatic rings. The molecule has 0 saturated carbocycles. The highest BCUT2D eigenvalue weighted by molar-refractivity contribution is 5.81. The zero-order valence-electron chi connectivity index (χ0n) is 11.3. The van der Waals surface area contributed by atoms with Crippen molar-refractivity contribution in [3.63, 3.8) is 0 Å². The third kappa shape index (κ3) is 1.37. The van der Waals surface area contributed by atoms with Gasteiger partial charge in [-0.1, -0.05) is 37.6 Å². The Balaban J connectivity index is 2.40. The third-order valence-electron chi connectivity index (χ3n) is 4.11. The van der Waals surface area contributed by atoms with Crippen molar-refractivity contribution in [1.82, 2.24) is 0 Å². The van der Waals surface area contributed by atoms with Crippen LogP contribution in [0.3, 0.4) is 0 Å². The van der Waals surface area contributed by atoms with E-state index < -0.39 is 0 Å². The van der Waals surface area contributed by atoms with Crippen molar-refractivity contribution in [3.05, 3.63) is 58.4 Å². The van der Waals surface area contributed by atoms with E-state index in [9.17, 15) is 4.39 Å². The molecule has 0 fully saturated rings. The average Bonchev–Trinajstić information content (AvgIpc) is 2.50. The predicted octanol–water partition coefficient (Wildman–Crippen LogP) is 4.75. The van der Waals surface area contributed by atoms with E-state index in [0.717, 1.165) is 11.1 Å². The molecule has 0 spiro atoms. The van der Waals surface area contributed by atoms with E-state index in [1.54, 1.807) is 6.07 Å². The van der Waals surface area contributed by atoms with Gasteiger partial charge < -0.3 is 0 Å². The van der Waals surface area contributed by atoms with Gasteiger partial charge in [-0.05, 0) is 53.8 Å². The van der Waals surface area contributed by atoms with E-state index in [1.165, 1.54) is 22.3 Å². The fourth-order valence-electron chi connectivity index (χ4n) is 2.99. The minimum atomic E-state index is -0.105. The van der Waals surface area contributed by atoms with E-state index in [-0.39, 0.29) is 11.2 Å². The van der Waals surface area contributed by atoms with Gasteiger partial charge in [0.25, 0.3) is 0 Å². The summed E-state index contributed by atoms with van der Waals surface area (Å²) in [7, 11) is 0. The van der Waals surface area contributed by atoms with Gasteiger partial charge in [-0.25, -0.2) is 4.39 Å². The summed E-state index contributed by atoms with van der Waals surface area (Å²) in [5.74, 6) is -0.105. The molecule has 18 heavy (non-hydrogen) atoms. The summed E-state index contributed by atoms with van der Waals surface area (Å²) in [5.41, 5.74) is 6.72. The van der Waals surface area contributed by atoms with Gasteiger partial charge in [-0.3, -0.25) is 0 Å². The maximum atomic E-state index is 13.8. The Bertz CT molecular complexity index is 651. The highest BCUT2D eigenvalue weighted by Crippen LogP contribution is 2.49. The number of hydrogen-bond donors (Lipinski definition) is 0. The molecule has 0 aromatic heterocycles. The van der Waals surface area contributed by atoms with Crippen molar-refractivity contribution in [2.75, 3.05) is 0 Å². The molecule has 1 aliphatic carbocycles. The monoisotopic (exact) mass is 240 g/mol. The number of rotatable bonds is 0.